The van der Waals surface area contributed by atoms with Crippen LogP contribution in [0, 0.1) is 0 Å². The van der Waals surface area contributed by atoms with E-state index in [0.29, 0.717) is 0 Å². The SMILES string of the molecule is COc1ccc(N[C@@H](Cc2ccccc2)c2ccc(Cl)cc2)cc1. The van der Waals surface area contributed by atoms with E-state index < -0.39 is 0 Å². The summed E-state index contributed by atoms with van der Waals surface area (Å²) in [5, 5.41) is 4.37. The number of hydrogen-bond acceptors (Lipinski definition) is 2. The second-order valence-corrected chi connectivity index (χ2v) is 6.10. The van der Waals surface area contributed by atoms with Crippen molar-refractivity contribution in [2.75, 3.05) is 12.4 Å². The number of hydrogen-bond donors (Lipinski definition) is 1. The lowest BCUT2D eigenvalue weighted by Crippen LogP contribution is -2.13. The van der Waals surface area contributed by atoms with Crippen molar-refractivity contribution < 1.29 is 4.74 Å². The predicted octanol–water partition coefficient (Wildman–Crippen LogP) is 5.74. The first-order valence-electron chi connectivity index (χ1n) is 7.94. The number of anilines is 1. The van der Waals surface area contributed by atoms with Crippen LogP contribution in [0.5, 0.6) is 5.75 Å². The van der Waals surface area contributed by atoms with Crippen molar-refractivity contribution in [1.82, 2.24) is 0 Å². The molecule has 0 aromatic heterocycles. The Labute approximate surface area is 148 Å². The highest BCUT2D eigenvalue weighted by Crippen LogP contribution is 2.26. The normalized spacial score (nSPS) is 11.8. The van der Waals surface area contributed by atoms with E-state index in [-0.39, 0.29) is 6.04 Å². The summed E-state index contributed by atoms with van der Waals surface area (Å²) in [6.45, 7) is 0. The first kappa shape index (κ1) is 16.4. The van der Waals surface area contributed by atoms with E-state index in [0.717, 1.165) is 22.9 Å². The lowest BCUT2D eigenvalue weighted by molar-refractivity contribution is 0.415. The van der Waals surface area contributed by atoms with Gasteiger partial charge in [-0.15, -0.1) is 0 Å². The van der Waals surface area contributed by atoms with Gasteiger partial charge in [-0.2, -0.15) is 0 Å². The van der Waals surface area contributed by atoms with Gasteiger partial charge < -0.3 is 10.1 Å². The number of halogens is 1. The molecule has 1 atom stereocenters. The second kappa shape index (κ2) is 7.89. The van der Waals surface area contributed by atoms with E-state index in [1.165, 1.54) is 11.1 Å². The third-order valence-electron chi connectivity index (χ3n) is 3.99. The average Bonchev–Trinajstić information content (AvgIpc) is 2.63. The average molecular weight is 338 g/mol. The van der Waals surface area contributed by atoms with Crippen LogP contribution >= 0.6 is 11.6 Å². The molecule has 0 radical (unpaired) electrons. The van der Waals surface area contributed by atoms with Crippen molar-refractivity contribution in [3.63, 3.8) is 0 Å². The molecule has 0 saturated carbocycles. The molecule has 2 nitrogen and oxygen atoms in total. The van der Waals surface area contributed by atoms with Gasteiger partial charge in [0.15, 0.2) is 0 Å². The first-order chi connectivity index (χ1) is 11.7. The highest BCUT2D eigenvalue weighted by molar-refractivity contribution is 6.30. The van der Waals surface area contributed by atoms with E-state index in [9.17, 15) is 0 Å². The molecule has 3 aromatic rings. The summed E-state index contributed by atoms with van der Waals surface area (Å²) >= 11 is 6.04. The van der Waals surface area contributed by atoms with Crippen LogP contribution in [0.25, 0.3) is 0 Å². The summed E-state index contributed by atoms with van der Waals surface area (Å²) < 4.78 is 5.23. The summed E-state index contributed by atoms with van der Waals surface area (Å²) in [6, 6.07) is 26.7. The Bertz CT molecular complexity index is 754. The first-order valence-corrected chi connectivity index (χ1v) is 8.32. The molecule has 3 heteroatoms. The van der Waals surface area contributed by atoms with Crippen LogP contribution in [0.3, 0.4) is 0 Å². The zero-order chi connectivity index (χ0) is 16.8. The number of benzene rings is 3. The lowest BCUT2D eigenvalue weighted by Gasteiger charge is -2.21. The summed E-state index contributed by atoms with van der Waals surface area (Å²) in [5.74, 6) is 0.853. The van der Waals surface area contributed by atoms with Gasteiger partial charge in [-0.25, -0.2) is 0 Å². The van der Waals surface area contributed by atoms with Crippen LogP contribution in [-0.4, -0.2) is 7.11 Å². The zero-order valence-electron chi connectivity index (χ0n) is 13.6. The summed E-state index contributed by atoms with van der Waals surface area (Å²) in [6.07, 6.45) is 0.897. The van der Waals surface area contributed by atoms with Crippen molar-refractivity contribution in [3.05, 3.63) is 95.0 Å². The monoisotopic (exact) mass is 337 g/mol. The van der Waals surface area contributed by atoms with Crippen LogP contribution in [0.2, 0.25) is 5.02 Å². The molecule has 0 amide bonds. The Hall–Kier alpha value is -2.45. The minimum absolute atomic E-state index is 0.165. The molecule has 0 aliphatic rings. The van der Waals surface area contributed by atoms with Gasteiger partial charge in [-0.05, 0) is 53.9 Å². The lowest BCUT2D eigenvalue weighted by atomic mass is 9.98. The maximum absolute atomic E-state index is 6.04. The molecule has 1 N–H and O–H groups in total. The quantitative estimate of drug-likeness (QED) is 0.618. The Morgan fingerprint density at radius 2 is 1.54 bits per heavy atom. The highest BCUT2D eigenvalue weighted by Gasteiger charge is 2.12. The molecule has 0 fully saturated rings. The fourth-order valence-corrected chi connectivity index (χ4v) is 2.81. The van der Waals surface area contributed by atoms with Crippen molar-refractivity contribution in [1.29, 1.82) is 0 Å². The molecule has 0 saturated heterocycles. The Morgan fingerprint density at radius 1 is 0.875 bits per heavy atom. The van der Waals surface area contributed by atoms with Gasteiger partial charge in [0.05, 0.1) is 13.2 Å². The maximum atomic E-state index is 6.04. The summed E-state index contributed by atoms with van der Waals surface area (Å²) in [4.78, 5) is 0. The van der Waals surface area contributed by atoms with Crippen LogP contribution in [-0.2, 0) is 6.42 Å². The van der Waals surface area contributed by atoms with Gasteiger partial charge in [0.2, 0.25) is 0 Å². The second-order valence-electron chi connectivity index (χ2n) is 5.67. The van der Waals surface area contributed by atoms with E-state index in [1.54, 1.807) is 7.11 Å². The molecule has 0 unspecified atom stereocenters. The van der Waals surface area contributed by atoms with Gasteiger partial charge in [0, 0.05) is 10.7 Å². The van der Waals surface area contributed by atoms with Gasteiger partial charge in [-0.3, -0.25) is 0 Å². The fourth-order valence-electron chi connectivity index (χ4n) is 2.69. The van der Waals surface area contributed by atoms with E-state index in [1.807, 2.05) is 42.5 Å². The predicted molar refractivity (Wildman–Crippen MR) is 101 cm³/mol. The van der Waals surface area contributed by atoms with Crippen LogP contribution in [0.1, 0.15) is 17.2 Å². The van der Waals surface area contributed by atoms with Gasteiger partial charge in [-0.1, -0.05) is 54.1 Å². The fraction of sp³-hybridized carbons (Fsp3) is 0.143. The molecular weight excluding hydrogens is 318 g/mol. The largest absolute Gasteiger partial charge is 0.497 e. The van der Waals surface area contributed by atoms with Gasteiger partial charge in [0.25, 0.3) is 0 Å². The molecule has 0 aliphatic heterocycles. The molecule has 122 valence electrons. The molecule has 24 heavy (non-hydrogen) atoms. The number of nitrogens with one attached hydrogen (secondary N) is 1. The summed E-state index contributed by atoms with van der Waals surface area (Å²) in [7, 11) is 1.67. The molecule has 0 bridgehead atoms. The number of ether oxygens (including phenoxy) is 1. The smallest absolute Gasteiger partial charge is 0.119 e. The third-order valence-corrected chi connectivity index (χ3v) is 4.24. The molecule has 0 aliphatic carbocycles. The highest BCUT2D eigenvalue weighted by atomic mass is 35.5. The number of methoxy groups -OCH3 is 1. The van der Waals surface area contributed by atoms with Crippen LogP contribution in [0.4, 0.5) is 5.69 Å². The molecule has 0 spiro atoms. The minimum Gasteiger partial charge on any atom is -0.497 e. The number of rotatable bonds is 6. The van der Waals surface area contributed by atoms with Crippen molar-refractivity contribution >= 4 is 17.3 Å². The summed E-state index contributed by atoms with van der Waals surface area (Å²) in [5.41, 5.74) is 3.56. The molecule has 3 rings (SSSR count). The topological polar surface area (TPSA) is 21.3 Å². The van der Waals surface area contributed by atoms with E-state index >= 15 is 0 Å². The Balaban J connectivity index is 1.84. The van der Waals surface area contributed by atoms with Crippen molar-refractivity contribution in [3.8, 4) is 5.75 Å². The van der Waals surface area contributed by atoms with E-state index in [4.69, 9.17) is 16.3 Å². The standard InChI is InChI=1S/C21H20ClNO/c1-24-20-13-11-19(12-14-20)23-21(15-16-5-3-2-4-6-16)17-7-9-18(22)10-8-17/h2-14,21,23H,15H2,1H3/t21-/m0/s1. The maximum Gasteiger partial charge on any atom is 0.119 e. The zero-order valence-corrected chi connectivity index (χ0v) is 14.3. The minimum atomic E-state index is 0.165. The van der Waals surface area contributed by atoms with Crippen molar-refractivity contribution in [2.45, 2.75) is 12.5 Å². The Morgan fingerprint density at radius 3 is 2.17 bits per heavy atom. The van der Waals surface area contributed by atoms with Crippen LogP contribution < -0.4 is 10.1 Å². The molecular formula is C21H20ClNO. The van der Waals surface area contributed by atoms with Crippen molar-refractivity contribution in [2.24, 2.45) is 0 Å². The van der Waals surface area contributed by atoms with Crippen LogP contribution in [0.15, 0.2) is 78.9 Å². The van der Waals surface area contributed by atoms with E-state index in [2.05, 4.69) is 41.7 Å². The molecule has 0 heterocycles. The van der Waals surface area contributed by atoms with Gasteiger partial charge >= 0.3 is 0 Å². The van der Waals surface area contributed by atoms with Gasteiger partial charge in [0.1, 0.15) is 5.75 Å². The Kier molecular flexibility index (Phi) is 5.39. The molecule has 3 aromatic carbocycles. The third kappa shape index (κ3) is 4.30.